The minimum atomic E-state index is -0.593. The average Bonchev–Trinajstić information content (AvgIpc) is 2.56. The van der Waals surface area contributed by atoms with Gasteiger partial charge in [-0.15, -0.1) is 0 Å². The molecule has 1 rings (SSSR count). The minimum Gasteiger partial charge on any atom is -0.462 e. The summed E-state index contributed by atoms with van der Waals surface area (Å²) in [5.74, 6) is 0.375. The highest BCUT2D eigenvalue weighted by atomic mass is 16.3. The number of rotatable bonds is 2. The smallest absolute Gasteiger partial charge is 0.185 e. The largest absolute Gasteiger partial charge is 0.462 e. The number of aldehydes is 1. The Morgan fingerprint density at radius 2 is 1.92 bits per heavy atom. The highest BCUT2D eigenvalue weighted by molar-refractivity contribution is 5.69. The summed E-state index contributed by atoms with van der Waals surface area (Å²) >= 11 is 0. The second-order valence-corrected chi connectivity index (χ2v) is 2.61. The van der Waals surface area contributed by atoms with Gasteiger partial charge in [0.25, 0.3) is 0 Å². The summed E-state index contributed by atoms with van der Waals surface area (Å²) < 4.78 is 4.61. The Labute approximate surface area is 76.8 Å². The van der Waals surface area contributed by atoms with Gasteiger partial charge in [-0.05, 0) is 26.0 Å². The Kier molecular flexibility index (Phi) is 5.84. The van der Waals surface area contributed by atoms with Crippen molar-refractivity contribution in [1.82, 2.24) is 0 Å². The SMILES string of the molecule is CC(O)C(C)O.O=Cc1ccco1. The van der Waals surface area contributed by atoms with Crippen LogP contribution in [0.15, 0.2) is 22.8 Å². The molecule has 0 fully saturated rings. The molecule has 2 unspecified atom stereocenters. The third-order valence-corrected chi connectivity index (χ3v) is 1.36. The highest BCUT2D eigenvalue weighted by Gasteiger charge is 1.99. The van der Waals surface area contributed by atoms with E-state index in [1.165, 1.54) is 6.26 Å². The predicted octanol–water partition coefficient (Wildman–Crippen LogP) is 0.840. The average molecular weight is 186 g/mol. The molecule has 74 valence electrons. The number of aliphatic hydroxyl groups excluding tert-OH is 2. The number of aliphatic hydroxyl groups is 2. The number of carbonyl (C=O) groups is 1. The van der Waals surface area contributed by atoms with Gasteiger partial charge in [-0.2, -0.15) is 0 Å². The van der Waals surface area contributed by atoms with Gasteiger partial charge in [-0.3, -0.25) is 4.79 Å². The second kappa shape index (κ2) is 6.39. The summed E-state index contributed by atoms with van der Waals surface area (Å²) in [4.78, 5) is 9.77. The summed E-state index contributed by atoms with van der Waals surface area (Å²) in [5.41, 5.74) is 0. The maximum Gasteiger partial charge on any atom is 0.185 e. The molecule has 0 aliphatic carbocycles. The first kappa shape index (κ1) is 11.9. The molecule has 2 atom stereocenters. The summed E-state index contributed by atoms with van der Waals surface area (Å²) in [6.07, 6.45) is 0.944. The first-order valence-corrected chi connectivity index (χ1v) is 3.92. The lowest BCUT2D eigenvalue weighted by molar-refractivity contribution is 0.0438. The van der Waals surface area contributed by atoms with E-state index in [0.29, 0.717) is 12.0 Å². The Hall–Kier alpha value is -1.13. The molecule has 2 N–H and O–H groups in total. The fourth-order valence-corrected chi connectivity index (χ4v) is 0.358. The van der Waals surface area contributed by atoms with Crippen molar-refractivity contribution in [1.29, 1.82) is 0 Å². The molecule has 1 aromatic heterocycles. The van der Waals surface area contributed by atoms with Crippen LogP contribution in [-0.2, 0) is 0 Å². The van der Waals surface area contributed by atoms with E-state index in [9.17, 15) is 4.79 Å². The van der Waals surface area contributed by atoms with Gasteiger partial charge in [0, 0.05) is 0 Å². The molecule has 4 nitrogen and oxygen atoms in total. The van der Waals surface area contributed by atoms with E-state index in [2.05, 4.69) is 4.42 Å². The van der Waals surface area contributed by atoms with Crippen molar-refractivity contribution in [3.63, 3.8) is 0 Å². The van der Waals surface area contributed by atoms with Crippen molar-refractivity contribution in [2.75, 3.05) is 0 Å². The van der Waals surface area contributed by atoms with Gasteiger partial charge in [0.15, 0.2) is 12.0 Å². The number of carbonyl (C=O) groups excluding carboxylic acids is 1. The maximum absolute atomic E-state index is 9.77. The van der Waals surface area contributed by atoms with Gasteiger partial charge >= 0.3 is 0 Å². The monoisotopic (exact) mass is 186 g/mol. The molecule has 0 saturated carbocycles. The van der Waals surface area contributed by atoms with Crippen LogP contribution in [0.5, 0.6) is 0 Å². The summed E-state index contributed by atoms with van der Waals surface area (Å²) in [7, 11) is 0. The third kappa shape index (κ3) is 6.07. The fourth-order valence-electron chi connectivity index (χ4n) is 0.358. The molecule has 1 aromatic rings. The molecule has 0 spiro atoms. The van der Waals surface area contributed by atoms with Crippen LogP contribution in [-0.4, -0.2) is 28.7 Å². The predicted molar refractivity (Wildman–Crippen MR) is 47.5 cm³/mol. The van der Waals surface area contributed by atoms with Gasteiger partial charge in [-0.1, -0.05) is 0 Å². The van der Waals surface area contributed by atoms with E-state index >= 15 is 0 Å². The first-order chi connectivity index (χ1) is 6.07. The maximum atomic E-state index is 9.77. The van der Waals surface area contributed by atoms with Gasteiger partial charge < -0.3 is 14.6 Å². The molecular weight excluding hydrogens is 172 g/mol. The molecule has 0 amide bonds. The molecule has 13 heavy (non-hydrogen) atoms. The topological polar surface area (TPSA) is 70.7 Å². The van der Waals surface area contributed by atoms with E-state index in [0.717, 1.165) is 0 Å². The van der Waals surface area contributed by atoms with Crippen LogP contribution in [0.1, 0.15) is 24.4 Å². The zero-order valence-corrected chi connectivity index (χ0v) is 7.68. The molecular formula is C9H14O4. The lowest BCUT2D eigenvalue weighted by Gasteiger charge is -2.03. The summed E-state index contributed by atoms with van der Waals surface area (Å²) in [6.45, 7) is 3.09. The molecule has 0 aliphatic rings. The van der Waals surface area contributed by atoms with Gasteiger partial charge in [0.1, 0.15) is 0 Å². The van der Waals surface area contributed by atoms with E-state index in [1.54, 1.807) is 26.0 Å². The zero-order chi connectivity index (χ0) is 10.3. The standard InChI is InChI=1S/C5H4O2.C4H10O2/c6-4-5-2-1-3-7-5;1-3(5)4(2)6/h1-4H;3-6H,1-2H3. The minimum absolute atomic E-state index is 0.375. The van der Waals surface area contributed by atoms with Crippen LogP contribution in [0.3, 0.4) is 0 Å². The van der Waals surface area contributed by atoms with Crippen molar-refractivity contribution in [3.8, 4) is 0 Å². The van der Waals surface area contributed by atoms with Crippen LogP contribution in [0, 0.1) is 0 Å². The molecule has 0 saturated heterocycles. The van der Waals surface area contributed by atoms with E-state index in [-0.39, 0.29) is 0 Å². The van der Waals surface area contributed by atoms with Crippen molar-refractivity contribution < 1.29 is 19.4 Å². The van der Waals surface area contributed by atoms with Crippen LogP contribution in [0.4, 0.5) is 0 Å². The Balaban J connectivity index is 0.000000226. The zero-order valence-electron chi connectivity index (χ0n) is 7.68. The number of furan rings is 1. The fraction of sp³-hybridized carbons (Fsp3) is 0.444. The van der Waals surface area contributed by atoms with Crippen LogP contribution >= 0.6 is 0 Å². The normalized spacial score (nSPS) is 13.8. The molecule has 0 aliphatic heterocycles. The molecule has 0 bridgehead atoms. The van der Waals surface area contributed by atoms with Crippen LogP contribution in [0.25, 0.3) is 0 Å². The molecule has 0 radical (unpaired) electrons. The van der Waals surface area contributed by atoms with Gasteiger partial charge in [0.05, 0.1) is 18.5 Å². The van der Waals surface area contributed by atoms with Crippen molar-refractivity contribution >= 4 is 6.29 Å². The van der Waals surface area contributed by atoms with Crippen LogP contribution < -0.4 is 0 Å². The van der Waals surface area contributed by atoms with Crippen molar-refractivity contribution in [3.05, 3.63) is 24.2 Å². The summed E-state index contributed by atoms with van der Waals surface area (Å²) in [6, 6.07) is 3.27. The van der Waals surface area contributed by atoms with Crippen LogP contribution in [0.2, 0.25) is 0 Å². The highest BCUT2D eigenvalue weighted by Crippen LogP contribution is 1.92. The van der Waals surface area contributed by atoms with Gasteiger partial charge in [0.2, 0.25) is 0 Å². The van der Waals surface area contributed by atoms with E-state index in [1.807, 2.05) is 0 Å². The summed E-state index contributed by atoms with van der Waals surface area (Å²) in [5, 5.41) is 16.8. The lowest BCUT2D eigenvalue weighted by atomic mass is 10.3. The molecule has 1 heterocycles. The molecule has 4 heteroatoms. The lowest BCUT2D eigenvalue weighted by Crippen LogP contribution is -2.17. The van der Waals surface area contributed by atoms with Crippen molar-refractivity contribution in [2.24, 2.45) is 0 Å². The Morgan fingerprint density at radius 3 is 2.08 bits per heavy atom. The molecule has 0 aromatic carbocycles. The van der Waals surface area contributed by atoms with Gasteiger partial charge in [-0.25, -0.2) is 0 Å². The third-order valence-electron chi connectivity index (χ3n) is 1.36. The Bertz CT molecular complexity index is 208. The number of hydrogen-bond donors (Lipinski definition) is 2. The second-order valence-electron chi connectivity index (χ2n) is 2.61. The van der Waals surface area contributed by atoms with E-state index < -0.39 is 12.2 Å². The Morgan fingerprint density at radius 1 is 1.38 bits per heavy atom. The first-order valence-electron chi connectivity index (χ1n) is 3.92. The van der Waals surface area contributed by atoms with E-state index in [4.69, 9.17) is 10.2 Å². The number of hydrogen-bond acceptors (Lipinski definition) is 4. The van der Waals surface area contributed by atoms with Crippen molar-refractivity contribution in [2.45, 2.75) is 26.1 Å². The quantitative estimate of drug-likeness (QED) is 0.671.